The normalized spacial score (nSPS) is 11.6. The van der Waals surface area contributed by atoms with Gasteiger partial charge in [-0.1, -0.05) is 64.2 Å². The maximum Gasteiger partial charge on any atom is 0.326 e. The molecule has 0 rings (SSSR count). The third kappa shape index (κ3) is 26.7. The molecule has 0 aliphatic heterocycles. The van der Waals surface area contributed by atoms with Gasteiger partial charge >= 0.3 is 11.9 Å². The molecule has 12 nitrogen and oxygen atoms in total. The lowest BCUT2D eigenvalue weighted by Crippen LogP contribution is -2.41. The summed E-state index contributed by atoms with van der Waals surface area (Å²) in [5.74, 6) is -3.11. The molecule has 0 bridgehead atoms. The minimum atomic E-state index is -1.17. The van der Waals surface area contributed by atoms with Crippen LogP contribution in [0.1, 0.15) is 103 Å². The maximum atomic E-state index is 12.1. The Balaban J connectivity index is 3.70. The number of hydrogen-bond acceptors (Lipinski definition) is 7. The van der Waals surface area contributed by atoms with E-state index < -0.39 is 23.9 Å². The van der Waals surface area contributed by atoms with E-state index in [4.69, 9.17) is 20.3 Å². The number of hydrogen-bond donors (Lipinski definition) is 5. The van der Waals surface area contributed by atoms with Crippen molar-refractivity contribution in [3.8, 4) is 0 Å². The van der Waals surface area contributed by atoms with E-state index in [9.17, 15) is 29.1 Å². The van der Waals surface area contributed by atoms with Gasteiger partial charge in [-0.05, 0) is 19.3 Å². The van der Waals surface area contributed by atoms with Gasteiger partial charge in [0, 0.05) is 25.8 Å². The van der Waals surface area contributed by atoms with Crippen LogP contribution >= 0.6 is 0 Å². The van der Waals surface area contributed by atoms with Crippen molar-refractivity contribution >= 4 is 29.7 Å². The van der Waals surface area contributed by atoms with Crippen LogP contribution in [-0.4, -0.2) is 78.9 Å². The zero-order valence-corrected chi connectivity index (χ0v) is 23.3. The third-order valence-corrected chi connectivity index (χ3v) is 6.02. The summed E-state index contributed by atoms with van der Waals surface area (Å²) < 4.78 is 10.2. The number of carboxylic acids is 2. The zero-order valence-electron chi connectivity index (χ0n) is 23.3. The summed E-state index contributed by atoms with van der Waals surface area (Å²) in [6, 6.07) is -1.11. The first-order valence-electron chi connectivity index (χ1n) is 14.2. The molecule has 0 aliphatic carbocycles. The van der Waals surface area contributed by atoms with Crippen LogP contribution in [0.5, 0.6) is 0 Å². The molecule has 39 heavy (non-hydrogen) atoms. The van der Waals surface area contributed by atoms with E-state index in [0.29, 0.717) is 6.42 Å². The van der Waals surface area contributed by atoms with Crippen molar-refractivity contribution in [2.45, 2.75) is 109 Å². The topological polar surface area (TPSA) is 194 Å². The Bertz CT molecular complexity index is 704. The Morgan fingerprint density at radius 3 is 1.67 bits per heavy atom. The average Bonchev–Trinajstić information content (AvgIpc) is 2.87. The van der Waals surface area contributed by atoms with Crippen molar-refractivity contribution in [2.75, 3.05) is 33.0 Å². The molecular weight excluding hydrogens is 510 g/mol. The molecule has 3 amide bonds. The lowest BCUT2D eigenvalue weighted by atomic mass is 10.0. The molecule has 12 heteroatoms. The lowest BCUT2D eigenvalue weighted by molar-refractivity contribution is -0.142. The molecule has 0 spiro atoms. The van der Waals surface area contributed by atoms with E-state index in [1.165, 1.54) is 19.3 Å². The van der Waals surface area contributed by atoms with Crippen LogP contribution in [0.4, 0.5) is 0 Å². The van der Waals surface area contributed by atoms with Gasteiger partial charge < -0.3 is 36.1 Å². The van der Waals surface area contributed by atoms with Crippen LogP contribution < -0.4 is 16.4 Å². The van der Waals surface area contributed by atoms with Gasteiger partial charge in [0.15, 0.2) is 0 Å². The predicted octanol–water partition coefficient (Wildman–Crippen LogP) is 2.52. The van der Waals surface area contributed by atoms with Crippen molar-refractivity contribution in [1.29, 1.82) is 0 Å². The van der Waals surface area contributed by atoms with E-state index in [1.807, 2.05) is 0 Å². The number of ether oxygens (including phenoxy) is 2. The second-order valence-electron chi connectivity index (χ2n) is 9.61. The van der Waals surface area contributed by atoms with Gasteiger partial charge in [-0.2, -0.15) is 0 Å². The summed E-state index contributed by atoms with van der Waals surface area (Å²) in [4.78, 5) is 56.5. The minimum absolute atomic E-state index is 0.00292. The van der Waals surface area contributed by atoms with Gasteiger partial charge in [-0.3, -0.25) is 19.2 Å². The van der Waals surface area contributed by atoms with E-state index in [-0.39, 0.29) is 70.5 Å². The maximum absolute atomic E-state index is 12.1. The summed E-state index contributed by atoms with van der Waals surface area (Å²) in [6.45, 7) is 0.759. The monoisotopic (exact) mass is 559 g/mol. The standard InChI is InChI=1S/C27H49N3O9/c28-23(31)21-39-20-19-38-18-17-29-24(32)16-15-22(27(36)37)30-25(33)13-11-9-7-5-3-1-2-4-6-8-10-12-14-26(34)35/h22H,1-21H2,(H2,28,31)(H,29,32)(H,30,33)(H,34,35)(H,36,37). The van der Waals surface area contributed by atoms with Gasteiger partial charge in [0.1, 0.15) is 12.6 Å². The second-order valence-corrected chi connectivity index (χ2v) is 9.61. The van der Waals surface area contributed by atoms with Crippen LogP contribution in [0, 0.1) is 0 Å². The highest BCUT2D eigenvalue weighted by Crippen LogP contribution is 2.13. The van der Waals surface area contributed by atoms with Crippen LogP contribution in [0.2, 0.25) is 0 Å². The first kappa shape index (κ1) is 36.3. The number of carbonyl (C=O) groups excluding carboxylic acids is 3. The number of carbonyl (C=O) groups is 5. The van der Waals surface area contributed by atoms with Crippen molar-refractivity contribution in [1.82, 2.24) is 10.6 Å². The van der Waals surface area contributed by atoms with E-state index in [1.54, 1.807) is 0 Å². The molecule has 0 radical (unpaired) electrons. The first-order chi connectivity index (χ1) is 18.7. The summed E-state index contributed by atoms with van der Waals surface area (Å²) >= 11 is 0. The van der Waals surface area contributed by atoms with Gasteiger partial charge in [-0.15, -0.1) is 0 Å². The first-order valence-corrected chi connectivity index (χ1v) is 14.2. The zero-order chi connectivity index (χ0) is 29.1. The second kappa shape index (κ2) is 25.5. The Kier molecular flexibility index (Phi) is 23.8. The lowest BCUT2D eigenvalue weighted by Gasteiger charge is -2.14. The molecule has 1 unspecified atom stereocenters. The average molecular weight is 560 g/mol. The highest BCUT2D eigenvalue weighted by Gasteiger charge is 2.20. The molecule has 0 aromatic rings. The Hall–Kier alpha value is -2.73. The van der Waals surface area contributed by atoms with Gasteiger partial charge in [-0.25, -0.2) is 4.79 Å². The molecule has 0 aromatic heterocycles. The summed E-state index contributed by atoms with van der Waals surface area (Å²) in [7, 11) is 0. The number of primary amides is 1. The largest absolute Gasteiger partial charge is 0.481 e. The van der Waals surface area contributed by atoms with Crippen LogP contribution in [-0.2, 0) is 33.4 Å². The number of carboxylic acid groups (broad SMARTS) is 2. The number of nitrogens with one attached hydrogen (secondary N) is 2. The molecular formula is C27H49N3O9. The van der Waals surface area contributed by atoms with Crippen LogP contribution in [0.3, 0.4) is 0 Å². The minimum Gasteiger partial charge on any atom is -0.481 e. The van der Waals surface area contributed by atoms with Crippen molar-refractivity contribution in [3.05, 3.63) is 0 Å². The molecule has 6 N–H and O–H groups in total. The molecule has 0 aliphatic rings. The fourth-order valence-electron chi connectivity index (χ4n) is 3.87. The van der Waals surface area contributed by atoms with Crippen molar-refractivity contribution in [2.24, 2.45) is 5.73 Å². The van der Waals surface area contributed by atoms with E-state index >= 15 is 0 Å². The van der Waals surface area contributed by atoms with Crippen molar-refractivity contribution < 1.29 is 43.7 Å². The number of amides is 3. The van der Waals surface area contributed by atoms with E-state index in [0.717, 1.165) is 51.4 Å². The van der Waals surface area contributed by atoms with Gasteiger partial charge in [0.05, 0.1) is 19.8 Å². The molecule has 1 atom stereocenters. The summed E-state index contributed by atoms with van der Waals surface area (Å²) in [6.07, 6.45) is 13.0. The highest BCUT2D eigenvalue weighted by atomic mass is 16.5. The van der Waals surface area contributed by atoms with Gasteiger partial charge in [0.2, 0.25) is 17.7 Å². The van der Waals surface area contributed by atoms with Crippen LogP contribution in [0.15, 0.2) is 0 Å². The molecule has 0 saturated heterocycles. The number of nitrogens with two attached hydrogens (primary N) is 1. The predicted molar refractivity (Wildman–Crippen MR) is 145 cm³/mol. The molecule has 0 saturated carbocycles. The highest BCUT2D eigenvalue weighted by molar-refractivity contribution is 5.84. The summed E-state index contributed by atoms with van der Waals surface area (Å²) in [5.41, 5.74) is 4.93. The quantitative estimate of drug-likeness (QED) is 0.0895. The smallest absolute Gasteiger partial charge is 0.326 e. The van der Waals surface area contributed by atoms with Crippen molar-refractivity contribution in [3.63, 3.8) is 0 Å². The molecule has 0 heterocycles. The number of rotatable bonds is 28. The Morgan fingerprint density at radius 1 is 0.641 bits per heavy atom. The van der Waals surface area contributed by atoms with Crippen LogP contribution in [0.25, 0.3) is 0 Å². The van der Waals surface area contributed by atoms with E-state index in [2.05, 4.69) is 10.6 Å². The molecule has 0 aromatic carbocycles. The number of unbranched alkanes of at least 4 members (excludes halogenated alkanes) is 11. The Labute approximate surface area is 231 Å². The molecule has 0 fully saturated rings. The summed E-state index contributed by atoms with van der Waals surface area (Å²) in [5, 5.41) is 23.1. The Morgan fingerprint density at radius 2 is 1.15 bits per heavy atom. The SMILES string of the molecule is NC(=O)COCCOCCNC(=O)CCC(NC(=O)CCCCCCCCCCCCCCC(=O)O)C(=O)O. The fourth-order valence-corrected chi connectivity index (χ4v) is 3.87. The number of aliphatic carboxylic acids is 2. The third-order valence-electron chi connectivity index (χ3n) is 6.02. The van der Waals surface area contributed by atoms with Gasteiger partial charge in [0.25, 0.3) is 0 Å². The molecule has 226 valence electrons. The fraction of sp³-hybridized carbons (Fsp3) is 0.815.